The molecule has 0 radical (unpaired) electrons. The van der Waals surface area contributed by atoms with E-state index in [0.717, 1.165) is 38.5 Å². The number of carbonyl (C=O) groups is 1. The summed E-state index contributed by atoms with van der Waals surface area (Å²) in [7, 11) is -3.36. The Balaban J connectivity index is 1.95. The zero-order valence-electron chi connectivity index (χ0n) is 14.0. The standard InChI is InChI=1S/C17H25FN2O3S/c1-24(22,23)20(16-9-4-2-3-5-10-16)12-11-17(21)19-15-8-6-7-14(18)13-15/h6-8,13,16H,2-5,9-12H2,1H3,(H,19,21). The van der Waals surface area contributed by atoms with Crippen LogP contribution in [0.1, 0.15) is 44.9 Å². The summed E-state index contributed by atoms with van der Waals surface area (Å²) < 4.78 is 38.8. The Morgan fingerprint density at radius 1 is 1.25 bits per heavy atom. The first-order valence-corrected chi connectivity index (χ1v) is 10.2. The molecule has 1 amide bonds. The number of carbonyl (C=O) groups excluding carboxylic acids is 1. The number of nitrogens with one attached hydrogen (secondary N) is 1. The summed E-state index contributed by atoms with van der Waals surface area (Å²) in [6.07, 6.45) is 7.25. The van der Waals surface area contributed by atoms with Crippen molar-refractivity contribution < 1.29 is 17.6 Å². The van der Waals surface area contributed by atoms with Gasteiger partial charge in [-0.15, -0.1) is 0 Å². The zero-order valence-corrected chi connectivity index (χ0v) is 14.8. The van der Waals surface area contributed by atoms with E-state index >= 15 is 0 Å². The SMILES string of the molecule is CS(=O)(=O)N(CCC(=O)Nc1cccc(F)c1)C1CCCCCC1. The molecule has 0 atom stereocenters. The van der Waals surface area contributed by atoms with Crippen molar-refractivity contribution in [1.82, 2.24) is 4.31 Å². The molecule has 0 saturated heterocycles. The molecule has 1 aromatic carbocycles. The van der Waals surface area contributed by atoms with E-state index in [1.807, 2.05) is 0 Å². The molecule has 0 unspecified atom stereocenters. The Morgan fingerprint density at radius 3 is 2.50 bits per heavy atom. The minimum atomic E-state index is -3.36. The second-order valence-electron chi connectivity index (χ2n) is 6.33. The van der Waals surface area contributed by atoms with Crippen LogP contribution >= 0.6 is 0 Å². The van der Waals surface area contributed by atoms with E-state index in [9.17, 15) is 17.6 Å². The van der Waals surface area contributed by atoms with Crippen LogP contribution in [0.3, 0.4) is 0 Å². The van der Waals surface area contributed by atoms with Crippen LogP contribution in [-0.4, -0.2) is 37.5 Å². The van der Waals surface area contributed by atoms with Crippen molar-refractivity contribution in [3.8, 4) is 0 Å². The molecule has 134 valence electrons. The third-order valence-electron chi connectivity index (χ3n) is 4.33. The van der Waals surface area contributed by atoms with Crippen molar-refractivity contribution in [1.29, 1.82) is 0 Å². The van der Waals surface area contributed by atoms with Gasteiger partial charge in [-0.25, -0.2) is 12.8 Å². The fourth-order valence-electron chi connectivity index (χ4n) is 3.17. The van der Waals surface area contributed by atoms with Crippen LogP contribution in [0.5, 0.6) is 0 Å². The number of nitrogens with zero attached hydrogens (tertiary/aromatic N) is 1. The van der Waals surface area contributed by atoms with Crippen LogP contribution in [-0.2, 0) is 14.8 Å². The number of anilines is 1. The minimum absolute atomic E-state index is 0.0236. The van der Waals surface area contributed by atoms with Gasteiger partial charge < -0.3 is 5.32 Å². The fourth-order valence-corrected chi connectivity index (χ4v) is 4.34. The highest BCUT2D eigenvalue weighted by atomic mass is 32.2. The number of halogens is 1. The molecule has 1 aliphatic rings. The van der Waals surface area contributed by atoms with Gasteiger partial charge in [-0.05, 0) is 31.0 Å². The van der Waals surface area contributed by atoms with Gasteiger partial charge in [0.1, 0.15) is 5.82 Å². The summed E-state index contributed by atoms with van der Waals surface area (Å²) in [5, 5.41) is 2.60. The molecule has 7 heteroatoms. The lowest BCUT2D eigenvalue weighted by Gasteiger charge is -2.28. The molecule has 0 heterocycles. The predicted octanol–water partition coefficient (Wildman–Crippen LogP) is 3.14. The normalized spacial score (nSPS) is 16.8. The van der Waals surface area contributed by atoms with Gasteiger partial charge in [-0.2, -0.15) is 4.31 Å². The molecule has 1 aromatic rings. The maximum atomic E-state index is 13.1. The lowest BCUT2D eigenvalue weighted by molar-refractivity contribution is -0.116. The second-order valence-corrected chi connectivity index (χ2v) is 8.26. The number of hydrogen-bond donors (Lipinski definition) is 1. The first-order chi connectivity index (χ1) is 11.4. The summed E-state index contributed by atoms with van der Waals surface area (Å²) in [5.74, 6) is -0.744. The van der Waals surface area contributed by atoms with E-state index in [1.165, 1.54) is 28.8 Å². The van der Waals surface area contributed by atoms with Crippen LogP contribution in [0, 0.1) is 5.82 Å². The molecule has 1 fully saturated rings. The van der Waals surface area contributed by atoms with Crippen molar-refractivity contribution >= 4 is 21.6 Å². The first kappa shape index (κ1) is 18.9. The van der Waals surface area contributed by atoms with E-state index in [1.54, 1.807) is 6.07 Å². The molecule has 0 aliphatic heterocycles. The predicted molar refractivity (Wildman–Crippen MR) is 92.7 cm³/mol. The zero-order chi connectivity index (χ0) is 17.6. The van der Waals surface area contributed by atoms with Crippen LogP contribution in [0.2, 0.25) is 0 Å². The molecule has 24 heavy (non-hydrogen) atoms. The summed E-state index contributed by atoms with van der Waals surface area (Å²) in [4.78, 5) is 12.1. The average molecular weight is 356 g/mol. The molecule has 0 bridgehead atoms. The van der Waals surface area contributed by atoms with E-state index in [0.29, 0.717) is 5.69 Å². The van der Waals surface area contributed by atoms with E-state index in [2.05, 4.69) is 5.32 Å². The molecule has 1 N–H and O–H groups in total. The molecular formula is C17H25FN2O3S. The number of hydrogen-bond acceptors (Lipinski definition) is 3. The van der Waals surface area contributed by atoms with Crippen LogP contribution in [0.4, 0.5) is 10.1 Å². The molecule has 0 aromatic heterocycles. The molecule has 2 rings (SSSR count). The Hall–Kier alpha value is -1.47. The van der Waals surface area contributed by atoms with Crippen molar-refractivity contribution in [3.05, 3.63) is 30.1 Å². The Morgan fingerprint density at radius 2 is 1.92 bits per heavy atom. The molecular weight excluding hydrogens is 331 g/mol. The van der Waals surface area contributed by atoms with Gasteiger partial charge in [-0.1, -0.05) is 31.7 Å². The maximum absolute atomic E-state index is 13.1. The highest BCUT2D eigenvalue weighted by Crippen LogP contribution is 2.24. The summed E-state index contributed by atoms with van der Waals surface area (Å²) >= 11 is 0. The van der Waals surface area contributed by atoms with Crippen LogP contribution in [0.15, 0.2) is 24.3 Å². The number of amides is 1. The van der Waals surface area contributed by atoms with Crippen molar-refractivity contribution in [3.63, 3.8) is 0 Å². The smallest absolute Gasteiger partial charge is 0.225 e. The Kier molecular flexibility index (Phi) is 6.74. The summed E-state index contributed by atoms with van der Waals surface area (Å²) in [6, 6.07) is 5.62. The quantitative estimate of drug-likeness (QED) is 0.796. The highest BCUT2D eigenvalue weighted by Gasteiger charge is 2.27. The van der Waals surface area contributed by atoms with E-state index < -0.39 is 15.8 Å². The average Bonchev–Trinajstić information content (AvgIpc) is 2.75. The van der Waals surface area contributed by atoms with Gasteiger partial charge in [-0.3, -0.25) is 4.79 Å². The van der Waals surface area contributed by atoms with Gasteiger partial charge >= 0.3 is 0 Å². The minimum Gasteiger partial charge on any atom is -0.326 e. The number of benzene rings is 1. The largest absolute Gasteiger partial charge is 0.326 e. The number of rotatable bonds is 6. The lowest BCUT2D eigenvalue weighted by Crippen LogP contribution is -2.41. The topological polar surface area (TPSA) is 66.5 Å². The van der Waals surface area contributed by atoms with Gasteiger partial charge in [0, 0.05) is 24.7 Å². The molecule has 0 spiro atoms. The molecule has 1 saturated carbocycles. The van der Waals surface area contributed by atoms with Gasteiger partial charge in [0.05, 0.1) is 6.26 Å². The Labute approximate surface area is 143 Å². The van der Waals surface area contributed by atoms with Crippen molar-refractivity contribution in [2.45, 2.75) is 51.0 Å². The van der Waals surface area contributed by atoms with Gasteiger partial charge in [0.25, 0.3) is 0 Å². The summed E-state index contributed by atoms with van der Waals surface area (Å²) in [6.45, 7) is 0.157. The van der Waals surface area contributed by atoms with Crippen molar-refractivity contribution in [2.75, 3.05) is 18.1 Å². The lowest BCUT2D eigenvalue weighted by atomic mass is 10.1. The third-order valence-corrected chi connectivity index (χ3v) is 5.66. The number of sulfonamides is 1. The maximum Gasteiger partial charge on any atom is 0.225 e. The van der Waals surface area contributed by atoms with Gasteiger partial charge in [0.15, 0.2) is 0 Å². The molecule has 1 aliphatic carbocycles. The van der Waals surface area contributed by atoms with Gasteiger partial charge in [0.2, 0.25) is 15.9 Å². The van der Waals surface area contributed by atoms with Crippen LogP contribution in [0.25, 0.3) is 0 Å². The van der Waals surface area contributed by atoms with Crippen LogP contribution < -0.4 is 5.32 Å². The Bertz CT molecular complexity index is 656. The van der Waals surface area contributed by atoms with E-state index in [-0.39, 0.29) is 24.9 Å². The second kappa shape index (κ2) is 8.58. The highest BCUT2D eigenvalue weighted by molar-refractivity contribution is 7.88. The monoisotopic (exact) mass is 356 g/mol. The fraction of sp³-hybridized carbons (Fsp3) is 0.588. The van der Waals surface area contributed by atoms with E-state index in [4.69, 9.17) is 0 Å². The van der Waals surface area contributed by atoms with Crippen molar-refractivity contribution in [2.24, 2.45) is 0 Å². The first-order valence-electron chi connectivity index (χ1n) is 8.38. The third kappa shape index (κ3) is 5.87. The molecule has 5 nitrogen and oxygen atoms in total. The summed E-state index contributed by atoms with van der Waals surface area (Å²) in [5.41, 5.74) is 0.375.